The number of carbonyl (C=O) groups is 3. The molecule has 0 amide bonds. The van der Waals surface area contributed by atoms with Gasteiger partial charge in [-0.05, 0) is 31.1 Å². The number of esters is 1. The van der Waals surface area contributed by atoms with Crippen LogP contribution < -0.4 is 5.73 Å². The van der Waals surface area contributed by atoms with E-state index in [1.54, 1.807) is 14.0 Å². The number of Topliss-reactive ketones (excluding diaryl/α,β-unsaturated/α-hetero) is 1. The van der Waals surface area contributed by atoms with Crippen molar-refractivity contribution in [1.82, 2.24) is 0 Å². The van der Waals surface area contributed by atoms with E-state index in [1.807, 2.05) is 6.92 Å². The number of rotatable bonds is 17. The van der Waals surface area contributed by atoms with Gasteiger partial charge in [0.1, 0.15) is 18.2 Å². The van der Waals surface area contributed by atoms with Gasteiger partial charge in [0.25, 0.3) is 0 Å². The fourth-order valence-corrected chi connectivity index (χ4v) is 3.67. The van der Waals surface area contributed by atoms with Crippen LogP contribution in [0.5, 0.6) is 0 Å². The summed E-state index contributed by atoms with van der Waals surface area (Å²) in [6, 6.07) is 0. The van der Waals surface area contributed by atoms with Gasteiger partial charge in [-0.3, -0.25) is 9.59 Å². The summed E-state index contributed by atoms with van der Waals surface area (Å²) < 4.78 is 10.3. The first kappa shape index (κ1) is 26.7. The molecule has 0 spiro atoms. The van der Waals surface area contributed by atoms with Gasteiger partial charge in [0, 0.05) is 26.1 Å². The highest BCUT2D eigenvalue weighted by Crippen LogP contribution is 2.25. The molecule has 0 saturated carbocycles. The maximum atomic E-state index is 12.7. The number of nitrogens with two attached hydrogens (primary N) is 1. The van der Waals surface area contributed by atoms with E-state index in [0.29, 0.717) is 18.1 Å². The van der Waals surface area contributed by atoms with Gasteiger partial charge in [0.2, 0.25) is 0 Å². The monoisotopic (exact) mass is 399 g/mol. The molecule has 0 radical (unpaired) electrons. The van der Waals surface area contributed by atoms with Crippen molar-refractivity contribution in [3.8, 4) is 0 Å². The number of hydrogen-bond acceptors (Lipinski definition) is 6. The smallest absolute Gasteiger partial charge is 0.320 e. The van der Waals surface area contributed by atoms with Crippen LogP contribution in [0.4, 0.5) is 0 Å². The van der Waals surface area contributed by atoms with Crippen molar-refractivity contribution in [2.75, 3.05) is 20.3 Å². The number of hydrogen-bond donors (Lipinski definition) is 1. The van der Waals surface area contributed by atoms with Crippen LogP contribution in [-0.2, 0) is 23.9 Å². The third-order valence-corrected chi connectivity index (χ3v) is 5.47. The average molecular weight is 400 g/mol. The highest BCUT2D eigenvalue weighted by atomic mass is 16.5. The largest absolute Gasteiger partial charge is 0.460 e. The molecule has 0 heterocycles. The lowest BCUT2D eigenvalue weighted by Gasteiger charge is -2.25. The number of carbonyl (C=O) groups excluding carboxylic acids is 3. The van der Waals surface area contributed by atoms with Crippen LogP contribution in [-0.4, -0.2) is 44.4 Å². The fourth-order valence-electron chi connectivity index (χ4n) is 3.67. The number of methoxy groups -OCH3 is 1. The predicted octanol–water partition coefficient (Wildman–Crippen LogP) is 3.55. The van der Waals surface area contributed by atoms with Gasteiger partial charge in [0.05, 0.1) is 12.5 Å². The van der Waals surface area contributed by atoms with Crippen molar-refractivity contribution in [3.63, 3.8) is 0 Å². The highest BCUT2D eigenvalue weighted by molar-refractivity contribution is 5.84. The molecule has 164 valence electrons. The SMILES string of the molecule is COCCCC(C)CCC[C@H](C)CC(C)C(=O)C(C)C(CC=O)OC(=O)CN. The molecule has 28 heavy (non-hydrogen) atoms. The van der Waals surface area contributed by atoms with E-state index < -0.39 is 18.0 Å². The Labute approximate surface area is 170 Å². The Kier molecular flexibility index (Phi) is 14.9. The Bertz CT molecular complexity index is 454. The van der Waals surface area contributed by atoms with Crippen LogP contribution in [0.1, 0.15) is 72.6 Å². The van der Waals surface area contributed by atoms with Crippen LogP contribution in [0.3, 0.4) is 0 Å². The molecule has 0 bridgehead atoms. The Hall–Kier alpha value is -1.27. The first-order valence-electron chi connectivity index (χ1n) is 10.6. The Balaban J connectivity index is 4.38. The molecule has 0 aliphatic rings. The molecule has 0 fully saturated rings. The van der Waals surface area contributed by atoms with E-state index in [1.165, 1.54) is 12.8 Å². The third-order valence-electron chi connectivity index (χ3n) is 5.47. The predicted molar refractivity (Wildman–Crippen MR) is 111 cm³/mol. The normalized spacial score (nSPS) is 16.6. The number of ether oxygens (including phenoxy) is 2. The van der Waals surface area contributed by atoms with Gasteiger partial charge in [0.15, 0.2) is 0 Å². The van der Waals surface area contributed by atoms with Crippen LogP contribution >= 0.6 is 0 Å². The van der Waals surface area contributed by atoms with Crippen molar-refractivity contribution in [1.29, 1.82) is 0 Å². The summed E-state index contributed by atoms with van der Waals surface area (Å²) in [7, 11) is 1.74. The maximum absolute atomic E-state index is 12.7. The molecule has 6 nitrogen and oxygen atoms in total. The van der Waals surface area contributed by atoms with E-state index in [9.17, 15) is 14.4 Å². The lowest BCUT2D eigenvalue weighted by molar-refractivity contribution is -0.152. The van der Waals surface area contributed by atoms with Crippen molar-refractivity contribution in [2.24, 2.45) is 29.4 Å². The third kappa shape index (κ3) is 11.5. The molecule has 4 unspecified atom stereocenters. The molecule has 0 aromatic heterocycles. The number of ketones is 1. The molecule has 0 aliphatic carbocycles. The van der Waals surface area contributed by atoms with E-state index in [-0.39, 0.29) is 24.7 Å². The van der Waals surface area contributed by atoms with E-state index in [2.05, 4.69) is 13.8 Å². The summed E-state index contributed by atoms with van der Waals surface area (Å²) >= 11 is 0. The molecular weight excluding hydrogens is 358 g/mol. The Morgan fingerprint density at radius 3 is 2.18 bits per heavy atom. The average Bonchev–Trinajstić information content (AvgIpc) is 2.66. The fraction of sp³-hybridized carbons (Fsp3) is 0.864. The second-order valence-corrected chi connectivity index (χ2v) is 8.24. The standard InChI is InChI=1S/C22H41NO5/c1-16(10-7-13-27-5)8-6-9-17(2)14-18(3)22(26)19(4)20(11-12-24)28-21(25)15-23/h12,16-20H,6-11,13-15,23H2,1-5H3/t16?,17-,18?,19?,20?/m0/s1. The first-order chi connectivity index (χ1) is 13.3. The summed E-state index contributed by atoms with van der Waals surface area (Å²) in [6.07, 6.45) is 6.52. The minimum atomic E-state index is -0.730. The quantitative estimate of drug-likeness (QED) is 0.228. The van der Waals surface area contributed by atoms with Crippen LogP contribution in [0.25, 0.3) is 0 Å². The minimum absolute atomic E-state index is 0.0158. The molecular formula is C22H41NO5. The van der Waals surface area contributed by atoms with Gasteiger partial charge in [-0.15, -0.1) is 0 Å². The summed E-state index contributed by atoms with van der Waals surface area (Å²) in [5.41, 5.74) is 5.27. The van der Waals surface area contributed by atoms with Crippen LogP contribution in [0.2, 0.25) is 0 Å². The molecule has 0 saturated heterocycles. The van der Waals surface area contributed by atoms with Crippen LogP contribution in [0, 0.1) is 23.7 Å². The molecule has 0 aliphatic heterocycles. The van der Waals surface area contributed by atoms with Gasteiger partial charge >= 0.3 is 5.97 Å². The minimum Gasteiger partial charge on any atom is -0.460 e. The summed E-state index contributed by atoms with van der Waals surface area (Å²) in [6.45, 7) is 8.68. The summed E-state index contributed by atoms with van der Waals surface area (Å²) in [4.78, 5) is 35.1. The van der Waals surface area contributed by atoms with Crippen molar-refractivity contribution >= 4 is 18.0 Å². The zero-order valence-corrected chi connectivity index (χ0v) is 18.4. The van der Waals surface area contributed by atoms with Crippen molar-refractivity contribution < 1.29 is 23.9 Å². The van der Waals surface area contributed by atoms with Crippen molar-refractivity contribution in [2.45, 2.75) is 78.7 Å². The van der Waals surface area contributed by atoms with Crippen LogP contribution in [0.15, 0.2) is 0 Å². The van der Waals surface area contributed by atoms with E-state index in [0.717, 1.165) is 32.3 Å². The Morgan fingerprint density at radius 1 is 1.00 bits per heavy atom. The number of aldehydes is 1. The molecule has 0 rings (SSSR count). The summed E-state index contributed by atoms with van der Waals surface area (Å²) in [5.74, 6) is -0.0432. The molecule has 0 aromatic carbocycles. The first-order valence-corrected chi connectivity index (χ1v) is 10.6. The zero-order chi connectivity index (χ0) is 21.5. The van der Waals surface area contributed by atoms with Gasteiger partial charge in [-0.2, -0.15) is 0 Å². The molecule has 5 atom stereocenters. The van der Waals surface area contributed by atoms with Gasteiger partial charge in [-0.1, -0.05) is 47.0 Å². The molecule has 0 aromatic rings. The maximum Gasteiger partial charge on any atom is 0.320 e. The van der Waals surface area contributed by atoms with Gasteiger partial charge < -0.3 is 20.0 Å². The summed E-state index contributed by atoms with van der Waals surface area (Å²) in [5, 5.41) is 0. The molecule has 6 heteroatoms. The lowest BCUT2D eigenvalue weighted by atomic mass is 9.83. The topological polar surface area (TPSA) is 95.7 Å². The van der Waals surface area contributed by atoms with Gasteiger partial charge in [-0.25, -0.2) is 0 Å². The second-order valence-electron chi connectivity index (χ2n) is 8.24. The van der Waals surface area contributed by atoms with Crippen molar-refractivity contribution in [3.05, 3.63) is 0 Å². The van der Waals surface area contributed by atoms with E-state index in [4.69, 9.17) is 15.2 Å². The molecule has 2 N–H and O–H groups in total. The zero-order valence-electron chi connectivity index (χ0n) is 18.4. The Morgan fingerprint density at radius 2 is 1.61 bits per heavy atom. The van der Waals surface area contributed by atoms with E-state index >= 15 is 0 Å². The lowest BCUT2D eigenvalue weighted by Crippen LogP contribution is -2.35. The second kappa shape index (κ2) is 15.6. The highest BCUT2D eigenvalue weighted by Gasteiger charge is 2.30.